The van der Waals surface area contributed by atoms with Gasteiger partial charge in [-0.05, 0) is 26.2 Å². The molecule has 0 aliphatic rings. The fraction of sp³-hybridized carbons (Fsp3) is 1.00. The molecule has 0 aromatic heterocycles. The van der Waals surface area contributed by atoms with Gasteiger partial charge in [0.15, 0.2) is 0 Å². The molecule has 0 bridgehead atoms. The van der Waals surface area contributed by atoms with E-state index >= 15 is 0 Å². The summed E-state index contributed by atoms with van der Waals surface area (Å²) in [5, 5.41) is 0. The Labute approximate surface area is 90.0 Å². The molecule has 0 heterocycles. The van der Waals surface area contributed by atoms with Crippen LogP contribution in [-0.2, 0) is 17.7 Å². The van der Waals surface area contributed by atoms with E-state index in [9.17, 15) is 0 Å². The van der Waals surface area contributed by atoms with E-state index in [2.05, 4.69) is 0 Å². The van der Waals surface area contributed by atoms with Crippen molar-refractivity contribution in [3.05, 3.63) is 0 Å². The Balaban J connectivity index is 0. The molecule has 0 atom stereocenters. The number of hydrogen-bond acceptors (Lipinski definition) is 4. The summed E-state index contributed by atoms with van der Waals surface area (Å²) in [4.78, 5) is 0. The molecular weight excluding hydrogens is 216 g/mol. The van der Waals surface area contributed by atoms with Crippen molar-refractivity contribution in [3.63, 3.8) is 0 Å². The van der Waals surface area contributed by atoms with Crippen molar-refractivity contribution >= 4 is 17.1 Å². The molecule has 6 heteroatoms. The van der Waals surface area contributed by atoms with Crippen LogP contribution >= 0.6 is 0 Å². The zero-order valence-corrected chi connectivity index (χ0v) is 12.6. The molecule has 0 saturated carbocycles. The molecule has 0 saturated heterocycles. The van der Waals surface area contributed by atoms with Gasteiger partial charge in [0.25, 0.3) is 0 Å². The Bertz CT molecular complexity index is 111. The van der Waals surface area contributed by atoms with E-state index in [-0.39, 0.29) is 0 Å². The largest absolute Gasteiger partial charge is 0.398 e. The first-order valence-electron chi connectivity index (χ1n) is 4.45. The maximum Gasteiger partial charge on any atom is 0.331 e. The molecule has 0 fully saturated rings. The predicted octanol–water partition coefficient (Wildman–Crippen LogP) is 1.96. The minimum Gasteiger partial charge on any atom is -0.398 e. The lowest BCUT2D eigenvalue weighted by Gasteiger charge is -2.15. The van der Waals surface area contributed by atoms with E-state index in [0.29, 0.717) is 0 Å². The lowest BCUT2D eigenvalue weighted by Crippen LogP contribution is -2.31. The van der Waals surface area contributed by atoms with Crippen LogP contribution in [0.3, 0.4) is 0 Å². The highest BCUT2D eigenvalue weighted by atomic mass is 28.4. The summed E-state index contributed by atoms with van der Waals surface area (Å²) in [5.41, 5.74) is 0. The van der Waals surface area contributed by atoms with Gasteiger partial charge in [-0.3, -0.25) is 0 Å². The number of rotatable bonds is 4. The van der Waals surface area contributed by atoms with E-state index < -0.39 is 17.1 Å². The summed E-state index contributed by atoms with van der Waals surface area (Å²) < 4.78 is 20.0. The molecule has 0 N–H and O–H groups in total. The second-order valence-electron chi connectivity index (χ2n) is 3.62. The van der Waals surface area contributed by atoms with Crippen molar-refractivity contribution in [3.8, 4) is 0 Å². The summed E-state index contributed by atoms with van der Waals surface area (Å²) >= 11 is 0. The van der Waals surface area contributed by atoms with Crippen molar-refractivity contribution in [2.75, 3.05) is 28.4 Å². The van der Waals surface area contributed by atoms with E-state index in [1.54, 1.807) is 28.4 Å². The zero-order chi connectivity index (χ0) is 11.8. The molecule has 0 unspecified atom stereocenters. The van der Waals surface area contributed by atoms with Gasteiger partial charge < -0.3 is 17.7 Å². The second-order valence-corrected chi connectivity index (χ2v) is 10.8. The molecule has 0 aromatic rings. The highest BCUT2D eigenvalue weighted by Gasteiger charge is 2.19. The van der Waals surface area contributed by atoms with Crippen LogP contribution in [0.5, 0.6) is 0 Å². The van der Waals surface area contributed by atoms with E-state index in [1.807, 2.05) is 26.2 Å². The van der Waals surface area contributed by atoms with Crippen molar-refractivity contribution < 1.29 is 17.7 Å². The summed E-state index contributed by atoms with van der Waals surface area (Å²) in [7, 11) is 3.40. The van der Waals surface area contributed by atoms with Gasteiger partial charge in [0.2, 0.25) is 0 Å². The Kier molecular flexibility index (Phi) is 9.00. The van der Waals surface area contributed by atoms with Gasteiger partial charge in [0.05, 0.1) is 0 Å². The minimum absolute atomic E-state index is 1.65. The van der Waals surface area contributed by atoms with Gasteiger partial charge >= 0.3 is 17.1 Å². The van der Waals surface area contributed by atoms with Crippen molar-refractivity contribution in [1.29, 1.82) is 0 Å². The van der Waals surface area contributed by atoms with Crippen molar-refractivity contribution in [2.45, 2.75) is 26.2 Å². The van der Waals surface area contributed by atoms with Crippen molar-refractivity contribution in [1.82, 2.24) is 0 Å². The van der Waals surface area contributed by atoms with Crippen LogP contribution in [0.4, 0.5) is 0 Å². The molecule has 4 nitrogen and oxygen atoms in total. The van der Waals surface area contributed by atoms with Gasteiger partial charge in [0.1, 0.15) is 0 Å². The van der Waals surface area contributed by atoms with Crippen LogP contribution < -0.4 is 0 Å². The molecule has 88 valence electrons. The third-order valence-electron chi connectivity index (χ3n) is 1.97. The van der Waals surface area contributed by atoms with Crippen LogP contribution in [0.25, 0.3) is 0 Å². The van der Waals surface area contributed by atoms with E-state index in [1.165, 1.54) is 0 Å². The molecule has 0 radical (unpaired) electrons. The summed E-state index contributed by atoms with van der Waals surface area (Å²) in [6, 6.07) is 0. The first kappa shape index (κ1) is 16.7. The monoisotopic (exact) mass is 240 g/mol. The average Bonchev–Trinajstić information content (AvgIpc) is 2.19. The summed E-state index contributed by atoms with van der Waals surface area (Å²) in [6.45, 7) is 7.97. The maximum atomic E-state index is 5.00. The quantitative estimate of drug-likeness (QED) is 0.704. The molecular formula is C8H24O4Si2. The molecule has 0 rings (SSSR count). The molecule has 0 aliphatic carbocycles. The average molecular weight is 240 g/mol. The Morgan fingerprint density at radius 2 is 0.643 bits per heavy atom. The molecule has 14 heavy (non-hydrogen) atoms. The van der Waals surface area contributed by atoms with E-state index in [0.717, 1.165) is 0 Å². The van der Waals surface area contributed by atoms with Gasteiger partial charge in [-0.25, -0.2) is 0 Å². The van der Waals surface area contributed by atoms with Crippen LogP contribution in [0.1, 0.15) is 0 Å². The summed E-state index contributed by atoms with van der Waals surface area (Å²) in [5.74, 6) is 0. The first-order chi connectivity index (χ1) is 6.24. The topological polar surface area (TPSA) is 36.9 Å². The smallest absolute Gasteiger partial charge is 0.331 e. The van der Waals surface area contributed by atoms with Gasteiger partial charge in [-0.15, -0.1) is 0 Å². The van der Waals surface area contributed by atoms with Crippen LogP contribution in [0.2, 0.25) is 26.2 Å². The second kappa shape index (κ2) is 7.55. The third-order valence-corrected chi connectivity index (χ3v) is 5.90. The highest BCUT2D eigenvalue weighted by molar-refractivity contribution is 6.64. The molecule has 0 amide bonds. The Hall–Kier alpha value is 0.274. The molecule has 0 spiro atoms. The third kappa shape index (κ3) is 10.4. The molecule has 0 aromatic carbocycles. The highest BCUT2D eigenvalue weighted by Crippen LogP contribution is 2.00. The normalized spacial score (nSPS) is 12.0. The standard InChI is InChI=1S/2C4H12O2Si/c2*1-5-7(3,4)6-2/h2*1-4H3. The van der Waals surface area contributed by atoms with Crippen LogP contribution in [0, 0.1) is 0 Å². The Morgan fingerprint density at radius 3 is 0.643 bits per heavy atom. The van der Waals surface area contributed by atoms with Gasteiger partial charge in [-0.1, -0.05) is 0 Å². The first-order valence-corrected chi connectivity index (χ1v) is 10.1. The fourth-order valence-corrected chi connectivity index (χ4v) is 0.500. The lowest BCUT2D eigenvalue weighted by atomic mass is 11.8. The fourth-order valence-electron chi connectivity index (χ4n) is 0.167. The van der Waals surface area contributed by atoms with Crippen LogP contribution in [0.15, 0.2) is 0 Å². The predicted molar refractivity (Wildman–Crippen MR) is 63.0 cm³/mol. The SMILES string of the molecule is CO[Si](C)(C)OC.CO[Si](C)(C)OC. The summed E-state index contributed by atoms with van der Waals surface area (Å²) in [6.07, 6.45) is 0. The van der Waals surface area contributed by atoms with Crippen molar-refractivity contribution in [2.24, 2.45) is 0 Å². The van der Waals surface area contributed by atoms with Gasteiger partial charge in [-0.2, -0.15) is 0 Å². The Morgan fingerprint density at radius 1 is 0.500 bits per heavy atom. The lowest BCUT2D eigenvalue weighted by molar-refractivity contribution is 0.257. The maximum absolute atomic E-state index is 5.00. The molecule has 0 aliphatic heterocycles. The van der Waals surface area contributed by atoms with Crippen LogP contribution in [-0.4, -0.2) is 45.6 Å². The number of hydrogen-bond donors (Lipinski definition) is 0. The zero-order valence-electron chi connectivity index (χ0n) is 10.6. The van der Waals surface area contributed by atoms with Gasteiger partial charge in [0, 0.05) is 28.4 Å². The minimum atomic E-state index is -1.65. The van der Waals surface area contributed by atoms with E-state index in [4.69, 9.17) is 17.7 Å².